The Morgan fingerprint density at radius 2 is 2.20 bits per heavy atom. The molecule has 0 amide bonds. The largest absolute Gasteiger partial charge is 0.496 e. The minimum Gasteiger partial charge on any atom is -0.496 e. The van der Waals surface area contributed by atoms with Crippen LogP contribution in [0.1, 0.15) is 16.1 Å². The topological polar surface area (TPSA) is 44.1 Å². The lowest BCUT2D eigenvalue weighted by atomic mass is 10.1. The Kier molecular flexibility index (Phi) is 2.19. The molecular formula is C11H12N2O2. The Balaban J connectivity index is 2.83. The van der Waals surface area contributed by atoms with Crippen LogP contribution in [-0.4, -0.2) is 23.2 Å². The molecule has 78 valence electrons. The summed E-state index contributed by atoms with van der Waals surface area (Å²) in [4.78, 5) is 10.8. The molecular weight excluding hydrogens is 192 g/mol. The predicted octanol–water partition coefficient (Wildman–Crippen LogP) is 1.70. The minimum absolute atomic E-state index is 0.557. The van der Waals surface area contributed by atoms with E-state index in [1.165, 1.54) is 0 Å². The molecule has 0 aliphatic carbocycles. The number of carbonyl (C=O) groups is 1. The fourth-order valence-electron chi connectivity index (χ4n) is 1.74. The molecule has 1 aromatic heterocycles. The Labute approximate surface area is 87.5 Å². The highest BCUT2D eigenvalue weighted by Crippen LogP contribution is 2.26. The van der Waals surface area contributed by atoms with Crippen LogP contribution in [0.5, 0.6) is 5.75 Å². The van der Waals surface area contributed by atoms with Crippen molar-refractivity contribution in [1.82, 2.24) is 9.78 Å². The van der Waals surface area contributed by atoms with Crippen molar-refractivity contribution in [2.75, 3.05) is 7.11 Å². The molecule has 0 aliphatic rings. The lowest BCUT2D eigenvalue weighted by molar-refractivity contribution is 0.112. The van der Waals surface area contributed by atoms with Gasteiger partial charge in [0.15, 0.2) is 6.29 Å². The van der Waals surface area contributed by atoms with Gasteiger partial charge in [-0.1, -0.05) is 0 Å². The molecule has 0 atom stereocenters. The molecule has 2 aromatic rings. The molecule has 2 rings (SSSR count). The molecule has 4 nitrogen and oxygen atoms in total. The summed E-state index contributed by atoms with van der Waals surface area (Å²) in [6.07, 6.45) is 0.796. The molecule has 4 heteroatoms. The van der Waals surface area contributed by atoms with Gasteiger partial charge in [0.25, 0.3) is 0 Å². The van der Waals surface area contributed by atoms with Gasteiger partial charge in [0, 0.05) is 18.5 Å². The number of nitrogens with zero attached hydrogens (tertiary/aromatic N) is 2. The van der Waals surface area contributed by atoms with Crippen molar-refractivity contribution >= 4 is 17.2 Å². The van der Waals surface area contributed by atoms with Crippen LogP contribution in [0.25, 0.3) is 10.9 Å². The summed E-state index contributed by atoms with van der Waals surface area (Å²) in [5.74, 6) is 0.584. The molecule has 1 heterocycles. The van der Waals surface area contributed by atoms with Crippen molar-refractivity contribution in [2.24, 2.45) is 7.05 Å². The number of fused-ring (bicyclic) bond motifs is 1. The molecule has 0 saturated heterocycles. The molecule has 0 fully saturated rings. The first-order valence-electron chi connectivity index (χ1n) is 4.64. The van der Waals surface area contributed by atoms with Crippen molar-refractivity contribution in [1.29, 1.82) is 0 Å². The molecule has 0 N–H and O–H groups in total. The van der Waals surface area contributed by atoms with Crippen LogP contribution in [0.2, 0.25) is 0 Å². The van der Waals surface area contributed by atoms with Crippen LogP contribution in [0.3, 0.4) is 0 Å². The monoisotopic (exact) mass is 204 g/mol. The zero-order valence-electron chi connectivity index (χ0n) is 8.94. The highest BCUT2D eigenvalue weighted by Gasteiger charge is 2.10. The SMILES string of the molecule is COc1cc2c(cc1C=O)c(C)nn2C. The number of aldehydes is 1. The second-order valence-electron chi connectivity index (χ2n) is 3.44. The number of methoxy groups -OCH3 is 1. The Morgan fingerprint density at radius 3 is 2.80 bits per heavy atom. The zero-order valence-corrected chi connectivity index (χ0v) is 8.94. The molecule has 1 aromatic carbocycles. The van der Waals surface area contributed by atoms with Crippen molar-refractivity contribution < 1.29 is 9.53 Å². The lowest BCUT2D eigenvalue weighted by Crippen LogP contribution is -1.93. The Morgan fingerprint density at radius 1 is 1.47 bits per heavy atom. The van der Waals surface area contributed by atoms with Gasteiger partial charge >= 0.3 is 0 Å². The van der Waals surface area contributed by atoms with Gasteiger partial charge in [-0.15, -0.1) is 0 Å². The van der Waals surface area contributed by atoms with Crippen molar-refractivity contribution in [3.63, 3.8) is 0 Å². The number of aromatic nitrogens is 2. The maximum Gasteiger partial charge on any atom is 0.153 e. The first kappa shape index (κ1) is 9.71. The highest BCUT2D eigenvalue weighted by atomic mass is 16.5. The number of hydrogen-bond acceptors (Lipinski definition) is 3. The molecule has 0 saturated carbocycles. The number of ether oxygens (including phenoxy) is 1. The van der Waals surface area contributed by atoms with E-state index in [0.29, 0.717) is 11.3 Å². The van der Waals surface area contributed by atoms with E-state index in [0.717, 1.165) is 22.9 Å². The van der Waals surface area contributed by atoms with Gasteiger partial charge in [-0.05, 0) is 13.0 Å². The molecule has 0 bridgehead atoms. The predicted molar refractivity (Wildman–Crippen MR) is 57.4 cm³/mol. The fraction of sp³-hybridized carbons (Fsp3) is 0.273. The second kappa shape index (κ2) is 3.38. The zero-order chi connectivity index (χ0) is 11.0. The van der Waals surface area contributed by atoms with Gasteiger partial charge in [0.05, 0.1) is 23.9 Å². The number of hydrogen-bond donors (Lipinski definition) is 0. The molecule has 0 spiro atoms. The van der Waals surface area contributed by atoms with Gasteiger partial charge < -0.3 is 4.74 Å². The van der Waals surface area contributed by atoms with E-state index in [1.54, 1.807) is 11.8 Å². The molecule has 0 unspecified atom stereocenters. The second-order valence-corrected chi connectivity index (χ2v) is 3.44. The summed E-state index contributed by atoms with van der Waals surface area (Å²) < 4.78 is 6.92. The van der Waals surface area contributed by atoms with Crippen LogP contribution >= 0.6 is 0 Å². The van der Waals surface area contributed by atoms with E-state index in [2.05, 4.69) is 5.10 Å². The van der Waals surface area contributed by atoms with Gasteiger partial charge in [-0.25, -0.2) is 0 Å². The fourth-order valence-corrected chi connectivity index (χ4v) is 1.74. The standard InChI is InChI=1S/C11H12N2O2/c1-7-9-4-8(6-14)11(15-3)5-10(9)13(2)12-7/h4-6H,1-3H3. The van der Waals surface area contributed by atoms with Gasteiger partial charge in [0.1, 0.15) is 5.75 Å². The summed E-state index contributed by atoms with van der Waals surface area (Å²) in [7, 11) is 3.42. The average molecular weight is 204 g/mol. The van der Waals surface area contributed by atoms with E-state index in [1.807, 2.05) is 26.1 Å². The van der Waals surface area contributed by atoms with E-state index in [4.69, 9.17) is 4.74 Å². The summed E-state index contributed by atoms with van der Waals surface area (Å²) in [6.45, 7) is 1.92. The van der Waals surface area contributed by atoms with Crippen LogP contribution in [0.15, 0.2) is 12.1 Å². The summed E-state index contributed by atoms with van der Waals surface area (Å²) in [5.41, 5.74) is 2.44. The third-order valence-electron chi connectivity index (χ3n) is 2.51. The van der Waals surface area contributed by atoms with E-state index in [9.17, 15) is 4.79 Å². The first-order chi connectivity index (χ1) is 7.17. The third-order valence-corrected chi connectivity index (χ3v) is 2.51. The van der Waals surface area contributed by atoms with Crippen LogP contribution < -0.4 is 4.74 Å². The normalized spacial score (nSPS) is 10.6. The van der Waals surface area contributed by atoms with Gasteiger partial charge in [0.2, 0.25) is 0 Å². The number of rotatable bonds is 2. The van der Waals surface area contributed by atoms with E-state index in [-0.39, 0.29) is 0 Å². The molecule has 0 radical (unpaired) electrons. The van der Waals surface area contributed by atoms with Crippen LogP contribution in [0.4, 0.5) is 0 Å². The van der Waals surface area contributed by atoms with E-state index >= 15 is 0 Å². The summed E-state index contributed by atoms with van der Waals surface area (Å²) in [6, 6.07) is 3.64. The number of carbonyl (C=O) groups excluding carboxylic acids is 1. The number of aryl methyl sites for hydroxylation is 2. The van der Waals surface area contributed by atoms with Crippen LogP contribution in [-0.2, 0) is 7.05 Å². The maximum absolute atomic E-state index is 10.8. The van der Waals surface area contributed by atoms with E-state index < -0.39 is 0 Å². The quantitative estimate of drug-likeness (QED) is 0.699. The smallest absolute Gasteiger partial charge is 0.153 e. The van der Waals surface area contributed by atoms with Crippen molar-refractivity contribution in [3.8, 4) is 5.75 Å². The lowest BCUT2D eigenvalue weighted by Gasteiger charge is -2.03. The van der Waals surface area contributed by atoms with Gasteiger partial charge in [-0.2, -0.15) is 5.10 Å². The minimum atomic E-state index is 0.557. The maximum atomic E-state index is 10.8. The molecule has 0 aliphatic heterocycles. The third kappa shape index (κ3) is 1.38. The number of benzene rings is 1. The van der Waals surface area contributed by atoms with Crippen LogP contribution in [0, 0.1) is 6.92 Å². The highest BCUT2D eigenvalue weighted by molar-refractivity contribution is 5.91. The Hall–Kier alpha value is -1.84. The first-order valence-corrected chi connectivity index (χ1v) is 4.64. The summed E-state index contributed by atoms with van der Waals surface area (Å²) >= 11 is 0. The molecule has 15 heavy (non-hydrogen) atoms. The van der Waals surface area contributed by atoms with Gasteiger partial charge in [-0.3, -0.25) is 9.48 Å². The Bertz CT molecular complexity index is 529. The van der Waals surface area contributed by atoms with Crippen molar-refractivity contribution in [2.45, 2.75) is 6.92 Å². The summed E-state index contributed by atoms with van der Waals surface area (Å²) in [5, 5.41) is 5.27. The van der Waals surface area contributed by atoms with Crippen molar-refractivity contribution in [3.05, 3.63) is 23.4 Å². The average Bonchev–Trinajstić information content (AvgIpc) is 2.52.